The van der Waals surface area contributed by atoms with Crippen LogP contribution in [0.1, 0.15) is 0 Å². The lowest BCUT2D eigenvalue weighted by Gasteiger charge is -2.08. The van der Waals surface area contributed by atoms with Gasteiger partial charge in [-0.2, -0.15) is 0 Å². The van der Waals surface area contributed by atoms with Crippen molar-refractivity contribution in [3.63, 3.8) is 0 Å². The maximum Gasteiger partial charge on any atom is 0.161 e. The zero-order chi connectivity index (χ0) is 11.0. The fraction of sp³-hybridized carbons (Fsp3) is 0.231. The van der Waals surface area contributed by atoms with E-state index in [0.717, 1.165) is 22.3 Å². The number of nitrogens with two attached hydrogens (primary N) is 1. The first kappa shape index (κ1) is 9.48. The average molecular weight is 215 g/mol. The van der Waals surface area contributed by atoms with Crippen LogP contribution >= 0.6 is 0 Å². The number of hydrogen-bond acceptors (Lipinski definition) is 3. The molecule has 0 spiro atoms. The third-order valence-electron chi connectivity index (χ3n) is 2.72. The molecule has 3 heteroatoms. The van der Waals surface area contributed by atoms with Crippen molar-refractivity contribution in [2.45, 2.75) is 6.04 Å². The minimum absolute atomic E-state index is 0.0597. The van der Waals surface area contributed by atoms with Crippen molar-refractivity contribution < 1.29 is 9.47 Å². The minimum atomic E-state index is -0.0597. The van der Waals surface area contributed by atoms with Crippen LogP contribution in [0.5, 0.6) is 11.5 Å². The van der Waals surface area contributed by atoms with Crippen molar-refractivity contribution in [2.24, 2.45) is 5.73 Å². The molecule has 0 aromatic heterocycles. The SMILES string of the molecule is NC1COc2cc3ccccc3cc2OC1. The molecule has 3 nitrogen and oxygen atoms in total. The Hall–Kier alpha value is -1.74. The summed E-state index contributed by atoms with van der Waals surface area (Å²) in [6.45, 7) is 1.01. The van der Waals surface area contributed by atoms with Gasteiger partial charge in [0.1, 0.15) is 13.2 Å². The Morgan fingerprint density at radius 3 is 1.94 bits per heavy atom. The predicted molar refractivity (Wildman–Crippen MR) is 62.9 cm³/mol. The Balaban J connectivity index is 2.13. The zero-order valence-corrected chi connectivity index (χ0v) is 8.85. The molecule has 0 bridgehead atoms. The second-order valence-electron chi connectivity index (χ2n) is 4.03. The number of rotatable bonds is 0. The summed E-state index contributed by atoms with van der Waals surface area (Å²) in [6, 6.07) is 12.1. The van der Waals surface area contributed by atoms with Crippen LogP contribution in [0.3, 0.4) is 0 Å². The average Bonchev–Trinajstić information content (AvgIpc) is 2.49. The summed E-state index contributed by atoms with van der Waals surface area (Å²) in [5, 5.41) is 2.31. The van der Waals surface area contributed by atoms with Gasteiger partial charge in [-0.25, -0.2) is 0 Å². The molecule has 82 valence electrons. The van der Waals surface area contributed by atoms with Crippen molar-refractivity contribution >= 4 is 10.8 Å². The summed E-state index contributed by atoms with van der Waals surface area (Å²) in [6.07, 6.45) is 0. The van der Waals surface area contributed by atoms with Crippen molar-refractivity contribution in [3.05, 3.63) is 36.4 Å². The Morgan fingerprint density at radius 2 is 1.44 bits per heavy atom. The molecule has 0 unspecified atom stereocenters. The molecule has 0 radical (unpaired) electrons. The van der Waals surface area contributed by atoms with Gasteiger partial charge >= 0.3 is 0 Å². The molecular weight excluding hydrogens is 202 g/mol. The smallest absolute Gasteiger partial charge is 0.161 e. The molecule has 0 amide bonds. The third kappa shape index (κ3) is 1.59. The third-order valence-corrected chi connectivity index (χ3v) is 2.72. The Morgan fingerprint density at radius 1 is 0.938 bits per heavy atom. The molecule has 0 fully saturated rings. The van der Waals surface area contributed by atoms with E-state index in [0.29, 0.717) is 13.2 Å². The Labute approximate surface area is 93.8 Å². The van der Waals surface area contributed by atoms with Gasteiger partial charge in [-0.1, -0.05) is 24.3 Å². The molecular formula is C13H13NO2. The summed E-state index contributed by atoms with van der Waals surface area (Å²) in [5.74, 6) is 1.57. The van der Waals surface area contributed by atoms with E-state index >= 15 is 0 Å². The fourth-order valence-electron chi connectivity index (χ4n) is 1.87. The zero-order valence-electron chi connectivity index (χ0n) is 8.85. The summed E-state index contributed by atoms with van der Waals surface area (Å²) in [4.78, 5) is 0. The van der Waals surface area contributed by atoms with E-state index < -0.39 is 0 Å². The molecule has 1 aliphatic rings. The highest BCUT2D eigenvalue weighted by Gasteiger charge is 2.15. The summed E-state index contributed by atoms with van der Waals surface area (Å²) in [7, 11) is 0. The number of benzene rings is 2. The number of ether oxygens (including phenoxy) is 2. The largest absolute Gasteiger partial charge is 0.488 e. The molecule has 3 rings (SSSR count). The van der Waals surface area contributed by atoms with E-state index in [-0.39, 0.29) is 6.04 Å². The van der Waals surface area contributed by atoms with Crippen LogP contribution in [-0.4, -0.2) is 19.3 Å². The second kappa shape index (κ2) is 3.68. The van der Waals surface area contributed by atoms with E-state index in [1.807, 2.05) is 24.3 Å². The topological polar surface area (TPSA) is 44.5 Å². The highest BCUT2D eigenvalue weighted by molar-refractivity contribution is 5.86. The van der Waals surface area contributed by atoms with Crippen molar-refractivity contribution in [1.29, 1.82) is 0 Å². The lowest BCUT2D eigenvalue weighted by molar-refractivity contribution is 0.264. The first-order valence-electron chi connectivity index (χ1n) is 5.37. The van der Waals surface area contributed by atoms with Crippen LogP contribution in [0.25, 0.3) is 10.8 Å². The van der Waals surface area contributed by atoms with E-state index in [1.54, 1.807) is 0 Å². The van der Waals surface area contributed by atoms with E-state index in [9.17, 15) is 0 Å². The van der Waals surface area contributed by atoms with Gasteiger partial charge in [0.05, 0.1) is 6.04 Å². The Kier molecular flexibility index (Phi) is 2.18. The number of hydrogen-bond donors (Lipinski definition) is 1. The van der Waals surface area contributed by atoms with Gasteiger partial charge in [0.25, 0.3) is 0 Å². The van der Waals surface area contributed by atoms with Crippen molar-refractivity contribution in [1.82, 2.24) is 0 Å². The molecule has 0 saturated heterocycles. The Bertz CT molecular complexity index is 478. The maximum absolute atomic E-state index is 5.79. The molecule has 2 aromatic carbocycles. The van der Waals surface area contributed by atoms with Crippen molar-refractivity contribution in [3.8, 4) is 11.5 Å². The van der Waals surface area contributed by atoms with Gasteiger partial charge in [-0.05, 0) is 22.9 Å². The summed E-state index contributed by atoms with van der Waals surface area (Å²) >= 11 is 0. The number of fused-ring (bicyclic) bond motifs is 2. The van der Waals surface area contributed by atoms with Crippen LogP contribution in [0, 0.1) is 0 Å². The first-order valence-corrected chi connectivity index (χ1v) is 5.37. The van der Waals surface area contributed by atoms with Crippen molar-refractivity contribution in [2.75, 3.05) is 13.2 Å². The van der Waals surface area contributed by atoms with Gasteiger partial charge in [0.15, 0.2) is 11.5 Å². The minimum Gasteiger partial charge on any atom is -0.488 e. The molecule has 2 aromatic rings. The van der Waals surface area contributed by atoms with Gasteiger partial charge in [-0.3, -0.25) is 0 Å². The molecule has 16 heavy (non-hydrogen) atoms. The standard InChI is InChI=1S/C13H13NO2/c14-11-7-15-12-5-9-3-1-2-4-10(9)6-13(12)16-8-11/h1-6,11H,7-8,14H2. The molecule has 1 heterocycles. The summed E-state index contributed by atoms with van der Waals surface area (Å²) < 4.78 is 11.2. The lowest BCUT2D eigenvalue weighted by atomic mass is 10.1. The predicted octanol–water partition coefficient (Wildman–Crippen LogP) is 1.94. The lowest BCUT2D eigenvalue weighted by Crippen LogP contribution is -2.32. The van der Waals surface area contributed by atoms with Crippen LogP contribution in [-0.2, 0) is 0 Å². The highest BCUT2D eigenvalue weighted by Crippen LogP contribution is 2.33. The van der Waals surface area contributed by atoms with Crippen LogP contribution < -0.4 is 15.2 Å². The molecule has 0 aliphatic carbocycles. The highest BCUT2D eigenvalue weighted by atomic mass is 16.5. The van der Waals surface area contributed by atoms with Gasteiger partial charge < -0.3 is 15.2 Å². The van der Waals surface area contributed by atoms with Gasteiger partial charge in [0.2, 0.25) is 0 Å². The second-order valence-corrected chi connectivity index (χ2v) is 4.03. The quantitative estimate of drug-likeness (QED) is 0.730. The van der Waals surface area contributed by atoms with E-state index in [2.05, 4.69) is 12.1 Å². The van der Waals surface area contributed by atoms with E-state index in [4.69, 9.17) is 15.2 Å². The maximum atomic E-state index is 5.79. The first-order chi connectivity index (χ1) is 7.83. The van der Waals surface area contributed by atoms with Crippen LogP contribution in [0.15, 0.2) is 36.4 Å². The van der Waals surface area contributed by atoms with Gasteiger partial charge in [0, 0.05) is 0 Å². The van der Waals surface area contributed by atoms with E-state index in [1.165, 1.54) is 0 Å². The monoisotopic (exact) mass is 215 g/mol. The van der Waals surface area contributed by atoms with Crippen LogP contribution in [0.2, 0.25) is 0 Å². The molecule has 1 aliphatic heterocycles. The molecule has 0 saturated carbocycles. The molecule has 2 N–H and O–H groups in total. The fourth-order valence-corrected chi connectivity index (χ4v) is 1.87. The molecule has 0 atom stereocenters. The van der Waals surface area contributed by atoms with Crippen LogP contribution in [0.4, 0.5) is 0 Å². The normalized spacial score (nSPS) is 16.1. The van der Waals surface area contributed by atoms with Gasteiger partial charge in [-0.15, -0.1) is 0 Å². The summed E-state index contributed by atoms with van der Waals surface area (Å²) in [5.41, 5.74) is 5.79.